The third-order valence-electron chi connectivity index (χ3n) is 3.02. The van der Waals surface area contributed by atoms with Crippen LogP contribution in [0.3, 0.4) is 0 Å². The van der Waals surface area contributed by atoms with Crippen molar-refractivity contribution in [2.45, 2.75) is 11.4 Å². The van der Waals surface area contributed by atoms with Gasteiger partial charge in [-0.2, -0.15) is 0 Å². The Morgan fingerprint density at radius 1 is 1.19 bits per heavy atom. The van der Waals surface area contributed by atoms with Crippen molar-refractivity contribution < 1.29 is 13.2 Å². The summed E-state index contributed by atoms with van der Waals surface area (Å²) in [5.41, 5.74) is 7.96. The highest BCUT2D eigenvalue weighted by Gasteiger charge is 2.12. The van der Waals surface area contributed by atoms with Crippen LogP contribution in [0.25, 0.3) is 0 Å². The van der Waals surface area contributed by atoms with Gasteiger partial charge in [-0.25, -0.2) is 13.6 Å². The second-order valence-electron chi connectivity index (χ2n) is 4.46. The molecule has 7 heteroatoms. The van der Waals surface area contributed by atoms with Crippen LogP contribution >= 0.6 is 0 Å². The van der Waals surface area contributed by atoms with Gasteiger partial charge in [-0.15, -0.1) is 0 Å². The Bertz CT molecular complexity index is 745. The lowest BCUT2D eigenvalue weighted by Crippen LogP contribution is -2.13. The Labute approximate surface area is 123 Å². The van der Waals surface area contributed by atoms with E-state index in [4.69, 9.17) is 15.6 Å². The van der Waals surface area contributed by atoms with Crippen LogP contribution in [0.1, 0.15) is 5.56 Å². The number of hydrogen-bond donors (Lipinski definition) is 3. The third-order valence-corrected chi connectivity index (χ3v) is 3.93. The monoisotopic (exact) mass is 307 g/mol. The highest BCUT2D eigenvalue weighted by Crippen LogP contribution is 2.28. The molecule has 5 N–H and O–H groups in total. The van der Waals surface area contributed by atoms with Gasteiger partial charge >= 0.3 is 0 Å². The third kappa shape index (κ3) is 3.65. The number of sulfonamides is 1. The minimum absolute atomic E-state index is 0.0202. The number of nitrogens with one attached hydrogen (secondary N) is 1. The topological polar surface area (TPSA) is 107 Å². The number of hydrogen-bond acceptors (Lipinski definition) is 5. The van der Waals surface area contributed by atoms with Crippen LogP contribution in [-0.2, 0) is 16.6 Å². The number of primary sulfonamides is 1. The summed E-state index contributed by atoms with van der Waals surface area (Å²) in [7, 11) is -2.25. The van der Waals surface area contributed by atoms with Crippen molar-refractivity contribution in [1.29, 1.82) is 0 Å². The lowest BCUT2D eigenvalue weighted by Gasteiger charge is -2.13. The van der Waals surface area contributed by atoms with Gasteiger partial charge in [0.05, 0.1) is 17.7 Å². The number of para-hydroxylation sites is 1. The molecule has 0 fully saturated rings. The molecule has 0 aliphatic carbocycles. The summed E-state index contributed by atoms with van der Waals surface area (Å²) in [6.45, 7) is 0.442. The Morgan fingerprint density at radius 3 is 2.52 bits per heavy atom. The van der Waals surface area contributed by atoms with Crippen molar-refractivity contribution >= 4 is 21.4 Å². The standard InChI is InChI=1S/C14H17N3O3S/c1-20-14-7-6-11(21(16,18)19)8-13(14)17-9-10-4-2-3-5-12(10)15/h2-8,17H,9,15H2,1H3,(H2,16,18,19). The number of methoxy groups -OCH3 is 1. The van der Waals surface area contributed by atoms with E-state index in [1.807, 2.05) is 18.2 Å². The van der Waals surface area contributed by atoms with E-state index in [0.717, 1.165) is 5.56 Å². The summed E-state index contributed by atoms with van der Waals surface area (Å²) >= 11 is 0. The second-order valence-corrected chi connectivity index (χ2v) is 6.02. The van der Waals surface area contributed by atoms with Gasteiger partial charge in [-0.1, -0.05) is 18.2 Å². The van der Waals surface area contributed by atoms with Crippen molar-refractivity contribution in [3.05, 3.63) is 48.0 Å². The van der Waals surface area contributed by atoms with Crippen molar-refractivity contribution in [3.63, 3.8) is 0 Å². The first kappa shape index (κ1) is 15.1. The Kier molecular flexibility index (Phi) is 4.35. The molecule has 0 radical (unpaired) electrons. The number of anilines is 2. The van der Waals surface area contributed by atoms with Crippen LogP contribution in [0.15, 0.2) is 47.4 Å². The van der Waals surface area contributed by atoms with E-state index in [2.05, 4.69) is 5.32 Å². The minimum Gasteiger partial charge on any atom is -0.495 e. The Morgan fingerprint density at radius 2 is 1.90 bits per heavy atom. The highest BCUT2D eigenvalue weighted by molar-refractivity contribution is 7.89. The molecule has 0 amide bonds. The molecular weight excluding hydrogens is 290 g/mol. The van der Waals surface area contributed by atoms with E-state index >= 15 is 0 Å². The summed E-state index contributed by atoms with van der Waals surface area (Å²) in [6.07, 6.45) is 0. The minimum atomic E-state index is -3.76. The van der Waals surface area contributed by atoms with Gasteiger partial charge < -0.3 is 15.8 Å². The van der Waals surface area contributed by atoms with Crippen LogP contribution in [0.2, 0.25) is 0 Å². The first-order valence-electron chi connectivity index (χ1n) is 6.20. The number of benzene rings is 2. The molecule has 6 nitrogen and oxygen atoms in total. The van der Waals surface area contributed by atoms with Crippen molar-refractivity contribution in [3.8, 4) is 5.75 Å². The van der Waals surface area contributed by atoms with Gasteiger partial charge in [0.15, 0.2) is 0 Å². The van der Waals surface area contributed by atoms with Gasteiger partial charge in [0.25, 0.3) is 0 Å². The average molecular weight is 307 g/mol. The molecule has 0 atom stereocenters. The van der Waals surface area contributed by atoms with E-state index in [1.54, 1.807) is 12.1 Å². The van der Waals surface area contributed by atoms with Crippen molar-refractivity contribution in [2.24, 2.45) is 5.14 Å². The predicted molar refractivity (Wildman–Crippen MR) is 82.5 cm³/mol. The van der Waals surface area contributed by atoms with Crippen molar-refractivity contribution in [2.75, 3.05) is 18.2 Å². The van der Waals surface area contributed by atoms with Gasteiger partial charge in [-0.05, 0) is 29.8 Å². The molecule has 0 aliphatic rings. The summed E-state index contributed by atoms with van der Waals surface area (Å²) in [6, 6.07) is 11.8. The van der Waals surface area contributed by atoms with E-state index < -0.39 is 10.0 Å². The Balaban J connectivity index is 2.28. The van der Waals surface area contributed by atoms with Crippen molar-refractivity contribution in [1.82, 2.24) is 0 Å². The molecule has 0 saturated heterocycles. The zero-order valence-corrected chi connectivity index (χ0v) is 12.4. The predicted octanol–water partition coefficient (Wildman–Crippen LogP) is 1.54. The number of ether oxygens (including phenoxy) is 1. The van der Waals surface area contributed by atoms with Crippen LogP contribution < -0.4 is 20.9 Å². The molecule has 0 heterocycles. The second kappa shape index (κ2) is 6.02. The highest BCUT2D eigenvalue weighted by atomic mass is 32.2. The van der Waals surface area contributed by atoms with E-state index in [1.165, 1.54) is 19.2 Å². The smallest absolute Gasteiger partial charge is 0.238 e. The molecule has 112 valence electrons. The van der Waals surface area contributed by atoms with Crippen LogP contribution in [-0.4, -0.2) is 15.5 Å². The fourth-order valence-electron chi connectivity index (χ4n) is 1.89. The van der Waals surface area contributed by atoms with E-state index in [0.29, 0.717) is 23.7 Å². The molecule has 2 aromatic carbocycles. The summed E-state index contributed by atoms with van der Waals surface area (Å²) in [5.74, 6) is 0.525. The van der Waals surface area contributed by atoms with Gasteiger partial charge in [0.2, 0.25) is 10.0 Å². The Hall–Kier alpha value is -2.25. The molecule has 0 aliphatic heterocycles. The molecule has 0 unspecified atom stereocenters. The van der Waals surface area contributed by atoms with Gasteiger partial charge in [-0.3, -0.25) is 0 Å². The maximum atomic E-state index is 11.4. The molecule has 21 heavy (non-hydrogen) atoms. The number of rotatable bonds is 5. The lowest BCUT2D eigenvalue weighted by molar-refractivity contribution is 0.416. The molecule has 2 aromatic rings. The fourth-order valence-corrected chi connectivity index (χ4v) is 2.43. The average Bonchev–Trinajstić information content (AvgIpc) is 2.45. The first-order chi connectivity index (χ1) is 9.91. The maximum Gasteiger partial charge on any atom is 0.238 e. The molecule has 0 spiro atoms. The van der Waals surface area contributed by atoms with E-state index in [9.17, 15) is 8.42 Å². The number of nitrogen functional groups attached to an aromatic ring is 1. The zero-order chi connectivity index (χ0) is 15.5. The lowest BCUT2D eigenvalue weighted by atomic mass is 10.2. The summed E-state index contributed by atoms with van der Waals surface area (Å²) < 4.78 is 28.0. The molecule has 0 bridgehead atoms. The largest absolute Gasteiger partial charge is 0.495 e. The molecular formula is C14H17N3O3S. The molecule has 0 saturated carbocycles. The SMILES string of the molecule is COc1ccc(S(N)(=O)=O)cc1NCc1ccccc1N. The summed E-state index contributed by atoms with van der Waals surface area (Å²) in [5, 5.41) is 8.24. The van der Waals surface area contributed by atoms with Crippen LogP contribution in [0.5, 0.6) is 5.75 Å². The first-order valence-corrected chi connectivity index (χ1v) is 7.74. The fraction of sp³-hybridized carbons (Fsp3) is 0.143. The molecule has 2 rings (SSSR count). The van der Waals surface area contributed by atoms with Crippen LogP contribution in [0.4, 0.5) is 11.4 Å². The number of nitrogens with two attached hydrogens (primary N) is 2. The van der Waals surface area contributed by atoms with E-state index in [-0.39, 0.29) is 4.90 Å². The quantitative estimate of drug-likeness (QED) is 0.726. The zero-order valence-electron chi connectivity index (χ0n) is 11.5. The van der Waals surface area contributed by atoms with Gasteiger partial charge in [0.1, 0.15) is 5.75 Å². The molecule has 0 aromatic heterocycles. The normalized spacial score (nSPS) is 11.1. The van der Waals surface area contributed by atoms with Crippen LogP contribution in [0, 0.1) is 0 Å². The van der Waals surface area contributed by atoms with Gasteiger partial charge in [0, 0.05) is 12.2 Å². The maximum absolute atomic E-state index is 11.4. The summed E-state index contributed by atoms with van der Waals surface area (Å²) in [4.78, 5) is 0.0202.